The molecule has 0 aliphatic carbocycles. The highest BCUT2D eigenvalue weighted by molar-refractivity contribution is 6.04. The van der Waals surface area contributed by atoms with Crippen LogP contribution in [0.5, 0.6) is 0 Å². The number of benzene rings is 2. The van der Waals surface area contributed by atoms with E-state index in [1.807, 2.05) is 30.3 Å². The van der Waals surface area contributed by atoms with Gasteiger partial charge in [-0.2, -0.15) is 5.10 Å². The fourth-order valence-electron chi connectivity index (χ4n) is 1.76. The van der Waals surface area contributed by atoms with Crippen molar-refractivity contribution in [2.75, 3.05) is 11.9 Å². The van der Waals surface area contributed by atoms with Crippen LogP contribution in [0.1, 0.15) is 5.56 Å². The van der Waals surface area contributed by atoms with Crippen molar-refractivity contribution in [2.45, 2.75) is 0 Å². The molecule has 5 nitrogen and oxygen atoms in total. The van der Waals surface area contributed by atoms with Crippen molar-refractivity contribution in [3.63, 3.8) is 0 Å². The van der Waals surface area contributed by atoms with Gasteiger partial charge in [-0.05, 0) is 23.1 Å². The van der Waals surface area contributed by atoms with Crippen LogP contribution in [0.25, 0.3) is 10.8 Å². The number of carbonyl (C=O) groups excluding carboxylic acids is 1. The standard InChI is InChI=1S/C13H13N3O2/c14-15-7-9-4-5-10-2-1-3-12(11(10)6-9)16-13(18)8-17/h1-7,17H,8,14H2,(H,16,18). The van der Waals surface area contributed by atoms with Crippen molar-refractivity contribution in [2.24, 2.45) is 10.9 Å². The van der Waals surface area contributed by atoms with Crippen LogP contribution in [0.15, 0.2) is 41.5 Å². The highest BCUT2D eigenvalue weighted by Gasteiger charge is 2.04. The summed E-state index contributed by atoms with van der Waals surface area (Å²) in [6.45, 7) is -0.541. The molecule has 4 N–H and O–H groups in total. The first-order valence-electron chi connectivity index (χ1n) is 5.41. The van der Waals surface area contributed by atoms with Crippen molar-refractivity contribution in [3.05, 3.63) is 42.0 Å². The third-order valence-electron chi connectivity index (χ3n) is 2.55. The predicted octanol–water partition coefficient (Wildman–Crippen LogP) is 1.06. The predicted molar refractivity (Wildman–Crippen MR) is 71.4 cm³/mol. The average molecular weight is 243 g/mol. The smallest absolute Gasteiger partial charge is 0.250 e. The van der Waals surface area contributed by atoms with Crippen LogP contribution >= 0.6 is 0 Å². The molecule has 0 atom stereocenters. The first-order chi connectivity index (χ1) is 8.74. The quantitative estimate of drug-likeness (QED) is 0.428. The number of anilines is 1. The Balaban J connectivity index is 2.51. The molecule has 0 fully saturated rings. The summed E-state index contributed by atoms with van der Waals surface area (Å²) in [7, 11) is 0. The Bertz CT molecular complexity index is 608. The Kier molecular flexibility index (Phi) is 3.54. The van der Waals surface area contributed by atoms with Crippen molar-refractivity contribution in [1.82, 2.24) is 0 Å². The molecule has 0 saturated heterocycles. The highest BCUT2D eigenvalue weighted by Crippen LogP contribution is 2.24. The Labute approximate surface area is 104 Å². The first-order valence-corrected chi connectivity index (χ1v) is 5.41. The largest absolute Gasteiger partial charge is 0.387 e. The summed E-state index contributed by atoms with van der Waals surface area (Å²) < 4.78 is 0. The molecule has 1 amide bonds. The van der Waals surface area contributed by atoms with Gasteiger partial charge in [0.05, 0.1) is 6.21 Å². The third kappa shape index (κ3) is 2.46. The maximum Gasteiger partial charge on any atom is 0.250 e. The summed E-state index contributed by atoms with van der Waals surface area (Å²) in [5, 5.41) is 16.7. The van der Waals surface area contributed by atoms with E-state index in [4.69, 9.17) is 10.9 Å². The van der Waals surface area contributed by atoms with Crippen LogP contribution in [0, 0.1) is 0 Å². The van der Waals surface area contributed by atoms with Crippen LogP contribution in [0.3, 0.4) is 0 Å². The van der Waals surface area contributed by atoms with E-state index in [0.717, 1.165) is 16.3 Å². The maximum atomic E-state index is 11.2. The molecule has 5 heteroatoms. The van der Waals surface area contributed by atoms with E-state index in [0.29, 0.717) is 5.69 Å². The molecular weight excluding hydrogens is 230 g/mol. The van der Waals surface area contributed by atoms with E-state index in [1.54, 1.807) is 6.07 Å². The van der Waals surface area contributed by atoms with Crippen LogP contribution in [-0.2, 0) is 4.79 Å². The van der Waals surface area contributed by atoms with E-state index in [-0.39, 0.29) is 0 Å². The Morgan fingerprint density at radius 1 is 1.39 bits per heavy atom. The zero-order valence-electron chi connectivity index (χ0n) is 9.63. The number of hydrazone groups is 1. The monoisotopic (exact) mass is 243 g/mol. The van der Waals surface area contributed by atoms with Crippen LogP contribution in [0.2, 0.25) is 0 Å². The van der Waals surface area contributed by atoms with Crippen molar-refractivity contribution >= 4 is 28.6 Å². The summed E-state index contributed by atoms with van der Waals surface area (Å²) in [4.78, 5) is 11.2. The number of hydrogen-bond donors (Lipinski definition) is 3. The minimum absolute atomic E-state index is 0.444. The number of aliphatic hydroxyl groups excluding tert-OH is 1. The lowest BCUT2D eigenvalue weighted by Crippen LogP contribution is -2.15. The molecule has 0 aliphatic rings. The van der Waals surface area contributed by atoms with Gasteiger partial charge in [0.1, 0.15) is 6.61 Å². The average Bonchev–Trinajstić information content (AvgIpc) is 2.39. The molecule has 0 aromatic heterocycles. The van der Waals surface area contributed by atoms with Gasteiger partial charge in [-0.3, -0.25) is 4.79 Å². The number of hydrogen-bond acceptors (Lipinski definition) is 4. The van der Waals surface area contributed by atoms with Gasteiger partial charge in [0.15, 0.2) is 0 Å². The first kappa shape index (κ1) is 12.1. The topological polar surface area (TPSA) is 87.7 Å². The molecule has 2 aromatic rings. The Morgan fingerprint density at radius 2 is 2.22 bits per heavy atom. The second-order valence-corrected chi connectivity index (χ2v) is 3.77. The van der Waals surface area contributed by atoms with Gasteiger partial charge in [-0.25, -0.2) is 0 Å². The lowest BCUT2D eigenvalue weighted by molar-refractivity contribution is -0.118. The number of nitrogens with two attached hydrogens (primary N) is 1. The van der Waals surface area contributed by atoms with Gasteiger partial charge >= 0.3 is 0 Å². The highest BCUT2D eigenvalue weighted by atomic mass is 16.3. The van der Waals surface area contributed by atoms with Gasteiger partial charge in [0.2, 0.25) is 5.91 Å². The van der Waals surface area contributed by atoms with E-state index < -0.39 is 12.5 Å². The van der Waals surface area contributed by atoms with E-state index in [2.05, 4.69) is 10.4 Å². The third-order valence-corrected chi connectivity index (χ3v) is 2.55. The summed E-state index contributed by atoms with van der Waals surface area (Å²) in [6, 6.07) is 11.2. The number of nitrogens with zero attached hydrogens (tertiary/aromatic N) is 1. The number of amides is 1. The molecule has 18 heavy (non-hydrogen) atoms. The van der Waals surface area contributed by atoms with Crippen LogP contribution in [-0.4, -0.2) is 23.8 Å². The number of rotatable bonds is 3. The normalized spacial score (nSPS) is 10.9. The zero-order valence-corrected chi connectivity index (χ0v) is 9.63. The van der Waals surface area contributed by atoms with Gasteiger partial charge in [0.25, 0.3) is 0 Å². The number of carbonyl (C=O) groups is 1. The van der Waals surface area contributed by atoms with Crippen molar-refractivity contribution in [3.8, 4) is 0 Å². The minimum Gasteiger partial charge on any atom is -0.387 e. The molecule has 0 aliphatic heterocycles. The van der Waals surface area contributed by atoms with Crippen molar-refractivity contribution in [1.29, 1.82) is 0 Å². The molecule has 0 spiro atoms. The van der Waals surface area contributed by atoms with E-state index in [9.17, 15) is 4.79 Å². The van der Waals surface area contributed by atoms with Crippen LogP contribution in [0.4, 0.5) is 5.69 Å². The van der Waals surface area contributed by atoms with E-state index >= 15 is 0 Å². The minimum atomic E-state index is -0.541. The van der Waals surface area contributed by atoms with Gasteiger partial charge in [0, 0.05) is 11.1 Å². The fourth-order valence-corrected chi connectivity index (χ4v) is 1.76. The summed E-state index contributed by atoms with van der Waals surface area (Å²) in [5.74, 6) is 4.67. The van der Waals surface area contributed by atoms with Gasteiger partial charge in [-0.1, -0.05) is 24.3 Å². The van der Waals surface area contributed by atoms with E-state index in [1.165, 1.54) is 6.21 Å². The summed E-state index contributed by atoms with van der Waals surface area (Å²) >= 11 is 0. The molecule has 0 unspecified atom stereocenters. The lowest BCUT2D eigenvalue weighted by Gasteiger charge is -2.08. The summed E-state index contributed by atoms with van der Waals surface area (Å²) in [6.07, 6.45) is 1.53. The molecule has 0 saturated carbocycles. The van der Waals surface area contributed by atoms with Crippen LogP contribution < -0.4 is 11.2 Å². The number of aliphatic hydroxyl groups is 1. The Morgan fingerprint density at radius 3 is 2.94 bits per heavy atom. The molecule has 92 valence electrons. The number of nitrogens with one attached hydrogen (secondary N) is 1. The fraction of sp³-hybridized carbons (Fsp3) is 0.0769. The molecule has 0 bridgehead atoms. The second-order valence-electron chi connectivity index (χ2n) is 3.77. The SMILES string of the molecule is NN=Cc1ccc2cccc(NC(=O)CO)c2c1. The molecule has 2 aromatic carbocycles. The lowest BCUT2D eigenvalue weighted by atomic mass is 10.1. The van der Waals surface area contributed by atoms with Gasteiger partial charge < -0.3 is 16.3 Å². The second kappa shape index (κ2) is 5.29. The van der Waals surface area contributed by atoms with Gasteiger partial charge in [-0.15, -0.1) is 0 Å². The molecular formula is C13H13N3O2. The molecule has 2 rings (SSSR count). The molecule has 0 radical (unpaired) electrons. The summed E-state index contributed by atoms with van der Waals surface area (Å²) in [5.41, 5.74) is 1.49. The molecule has 0 heterocycles. The maximum absolute atomic E-state index is 11.2. The Hall–Kier alpha value is -2.40. The number of fused-ring (bicyclic) bond motifs is 1. The zero-order chi connectivity index (χ0) is 13.0. The van der Waals surface area contributed by atoms with Crippen molar-refractivity contribution < 1.29 is 9.90 Å².